The number of hydrogen-bond donors (Lipinski definition) is 1. The maximum atomic E-state index is 12.3. The largest absolute Gasteiger partial charge is 0.378 e. The first-order valence-electron chi connectivity index (χ1n) is 6.54. The summed E-state index contributed by atoms with van der Waals surface area (Å²) in [5, 5.41) is 0. The van der Waals surface area contributed by atoms with Crippen LogP contribution in [-0.4, -0.2) is 66.5 Å². The molecule has 0 aromatic heterocycles. The number of morpholine rings is 1. The molecule has 2 rings (SSSR count). The van der Waals surface area contributed by atoms with Crippen LogP contribution in [-0.2, 0) is 14.3 Å². The van der Waals surface area contributed by atoms with Gasteiger partial charge in [-0.2, -0.15) is 0 Å². The van der Waals surface area contributed by atoms with Crippen molar-refractivity contribution in [3.05, 3.63) is 0 Å². The van der Waals surface area contributed by atoms with Crippen molar-refractivity contribution in [2.24, 2.45) is 5.73 Å². The summed E-state index contributed by atoms with van der Waals surface area (Å²) in [5.41, 5.74) is 5.75. The number of hydrogen-bond acceptors (Lipinski definition) is 4. The number of amides is 2. The lowest BCUT2D eigenvalue weighted by molar-refractivity contribution is -0.149. The second-order valence-electron chi connectivity index (χ2n) is 4.89. The maximum Gasteiger partial charge on any atom is 0.245 e. The minimum Gasteiger partial charge on any atom is -0.378 e. The summed E-state index contributed by atoms with van der Waals surface area (Å²) >= 11 is 0. The van der Waals surface area contributed by atoms with Gasteiger partial charge in [0.2, 0.25) is 11.8 Å². The monoisotopic (exact) mass is 255 g/mol. The molecule has 6 heteroatoms. The molecule has 0 aromatic rings. The van der Waals surface area contributed by atoms with E-state index >= 15 is 0 Å². The third-order valence-electron chi connectivity index (χ3n) is 3.66. The zero-order valence-electron chi connectivity index (χ0n) is 10.8. The summed E-state index contributed by atoms with van der Waals surface area (Å²) in [4.78, 5) is 27.6. The third kappa shape index (κ3) is 2.64. The fourth-order valence-electron chi connectivity index (χ4n) is 2.49. The number of piperidine rings is 1. The normalized spacial score (nSPS) is 27.2. The Morgan fingerprint density at radius 2 is 2.06 bits per heavy atom. The lowest BCUT2D eigenvalue weighted by Crippen LogP contribution is -2.57. The second kappa shape index (κ2) is 5.67. The Bertz CT molecular complexity index is 329. The van der Waals surface area contributed by atoms with Crippen molar-refractivity contribution in [3.8, 4) is 0 Å². The minimum atomic E-state index is -0.446. The van der Waals surface area contributed by atoms with Gasteiger partial charge in [0, 0.05) is 19.6 Å². The first-order valence-corrected chi connectivity index (χ1v) is 6.54. The van der Waals surface area contributed by atoms with E-state index in [0.717, 1.165) is 6.42 Å². The molecule has 0 spiro atoms. The number of likely N-dealkylation sites (tertiary alicyclic amines) is 1. The lowest BCUT2D eigenvalue weighted by atomic mass is 10.0. The van der Waals surface area contributed by atoms with Gasteiger partial charge in [0.25, 0.3) is 0 Å². The first-order chi connectivity index (χ1) is 8.61. The van der Waals surface area contributed by atoms with Crippen LogP contribution in [0.2, 0.25) is 0 Å². The van der Waals surface area contributed by atoms with E-state index in [-0.39, 0.29) is 11.8 Å². The Morgan fingerprint density at radius 3 is 2.72 bits per heavy atom. The van der Waals surface area contributed by atoms with Gasteiger partial charge in [0.15, 0.2) is 0 Å². The maximum absolute atomic E-state index is 12.3. The van der Waals surface area contributed by atoms with Gasteiger partial charge in [-0.1, -0.05) is 0 Å². The molecule has 2 aliphatic rings. The van der Waals surface area contributed by atoms with Gasteiger partial charge in [0.1, 0.15) is 6.04 Å². The number of ether oxygens (including phenoxy) is 1. The smallest absolute Gasteiger partial charge is 0.245 e. The first kappa shape index (κ1) is 13.3. The fraction of sp³-hybridized carbons (Fsp3) is 0.833. The molecule has 2 aliphatic heterocycles. The summed E-state index contributed by atoms with van der Waals surface area (Å²) in [7, 11) is 0. The van der Waals surface area contributed by atoms with Crippen LogP contribution in [0.4, 0.5) is 0 Å². The van der Waals surface area contributed by atoms with Crippen LogP contribution in [0.25, 0.3) is 0 Å². The van der Waals surface area contributed by atoms with Crippen LogP contribution in [0.15, 0.2) is 0 Å². The number of rotatable bonds is 2. The zero-order valence-corrected chi connectivity index (χ0v) is 10.8. The standard InChI is InChI=1S/C12H21N3O3/c1-9(11(16)14-5-7-18-8-6-14)15-4-2-3-10(13)12(15)17/h9-10H,2-8,13H2,1H3. The van der Waals surface area contributed by atoms with Crippen LogP contribution in [0, 0.1) is 0 Å². The minimum absolute atomic E-state index is 0.000694. The Kier molecular flexibility index (Phi) is 4.19. The van der Waals surface area contributed by atoms with E-state index in [0.29, 0.717) is 39.3 Å². The second-order valence-corrected chi connectivity index (χ2v) is 4.89. The van der Waals surface area contributed by atoms with E-state index in [1.54, 1.807) is 16.7 Å². The average Bonchev–Trinajstić information content (AvgIpc) is 2.41. The van der Waals surface area contributed by atoms with E-state index in [4.69, 9.17) is 10.5 Å². The van der Waals surface area contributed by atoms with Crippen molar-refractivity contribution in [1.82, 2.24) is 9.80 Å². The summed E-state index contributed by atoms with van der Waals surface area (Å²) in [5.74, 6) is -0.101. The Hall–Kier alpha value is -1.14. The quantitative estimate of drug-likeness (QED) is 0.700. The number of nitrogens with two attached hydrogens (primary N) is 1. The van der Waals surface area contributed by atoms with Crippen LogP contribution < -0.4 is 5.73 Å². The molecule has 2 fully saturated rings. The van der Waals surface area contributed by atoms with Crippen molar-refractivity contribution in [2.75, 3.05) is 32.8 Å². The molecular formula is C12H21N3O3. The summed E-state index contributed by atoms with van der Waals surface area (Å²) < 4.78 is 5.22. The number of carbonyl (C=O) groups is 2. The fourth-order valence-corrected chi connectivity index (χ4v) is 2.49. The Morgan fingerprint density at radius 1 is 1.39 bits per heavy atom. The van der Waals surface area contributed by atoms with Crippen LogP contribution in [0.1, 0.15) is 19.8 Å². The molecule has 2 N–H and O–H groups in total. The molecule has 6 nitrogen and oxygen atoms in total. The van der Waals surface area contributed by atoms with E-state index in [1.165, 1.54) is 0 Å². The molecule has 102 valence electrons. The number of nitrogens with zero attached hydrogens (tertiary/aromatic N) is 2. The van der Waals surface area contributed by atoms with Crippen molar-refractivity contribution in [2.45, 2.75) is 31.8 Å². The average molecular weight is 255 g/mol. The third-order valence-corrected chi connectivity index (χ3v) is 3.66. The van der Waals surface area contributed by atoms with Gasteiger partial charge < -0.3 is 20.3 Å². The van der Waals surface area contributed by atoms with Crippen LogP contribution in [0.5, 0.6) is 0 Å². The Balaban J connectivity index is 1.98. The predicted molar refractivity (Wildman–Crippen MR) is 65.8 cm³/mol. The van der Waals surface area contributed by atoms with Crippen molar-refractivity contribution < 1.29 is 14.3 Å². The molecule has 18 heavy (non-hydrogen) atoms. The van der Waals surface area contributed by atoms with Gasteiger partial charge in [-0.3, -0.25) is 9.59 Å². The molecule has 2 amide bonds. The molecule has 0 aliphatic carbocycles. The highest BCUT2D eigenvalue weighted by atomic mass is 16.5. The van der Waals surface area contributed by atoms with Gasteiger partial charge in [-0.25, -0.2) is 0 Å². The van der Waals surface area contributed by atoms with Gasteiger partial charge in [-0.15, -0.1) is 0 Å². The topological polar surface area (TPSA) is 75.9 Å². The van der Waals surface area contributed by atoms with E-state index in [2.05, 4.69) is 0 Å². The highest BCUT2D eigenvalue weighted by molar-refractivity contribution is 5.90. The molecular weight excluding hydrogens is 234 g/mol. The van der Waals surface area contributed by atoms with Crippen LogP contribution in [0.3, 0.4) is 0 Å². The van der Waals surface area contributed by atoms with Gasteiger partial charge in [0.05, 0.1) is 19.3 Å². The molecule has 2 heterocycles. The summed E-state index contributed by atoms with van der Waals surface area (Å²) in [6.07, 6.45) is 1.58. The molecule has 2 saturated heterocycles. The van der Waals surface area contributed by atoms with E-state index in [1.807, 2.05) is 0 Å². The molecule has 2 unspecified atom stereocenters. The highest BCUT2D eigenvalue weighted by Crippen LogP contribution is 2.15. The summed E-state index contributed by atoms with van der Waals surface area (Å²) in [6.45, 7) is 4.78. The lowest BCUT2D eigenvalue weighted by Gasteiger charge is -2.37. The van der Waals surface area contributed by atoms with Crippen molar-refractivity contribution in [3.63, 3.8) is 0 Å². The summed E-state index contributed by atoms with van der Waals surface area (Å²) in [6, 6.07) is -0.861. The SMILES string of the molecule is CC(C(=O)N1CCOCC1)N1CCCC(N)C1=O. The van der Waals surface area contributed by atoms with Crippen molar-refractivity contribution >= 4 is 11.8 Å². The molecule has 0 radical (unpaired) electrons. The van der Waals surface area contributed by atoms with E-state index < -0.39 is 12.1 Å². The molecule has 0 bridgehead atoms. The van der Waals surface area contributed by atoms with Crippen molar-refractivity contribution in [1.29, 1.82) is 0 Å². The highest BCUT2D eigenvalue weighted by Gasteiger charge is 2.34. The number of carbonyl (C=O) groups excluding carboxylic acids is 2. The molecule has 2 atom stereocenters. The molecule has 0 aromatic carbocycles. The van der Waals surface area contributed by atoms with Crippen LogP contribution >= 0.6 is 0 Å². The van der Waals surface area contributed by atoms with Gasteiger partial charge in [-0.05, 0) is 19.8 Å². The van der Waals surface area contributed by atoms with Gasteiger partial charge >= 0.3 is 0 Å². The Labute approximate surface area is 107 Å². The van der Waals surface area contributed by atoms with E-state index in [9.17, 15) is 9.59 Å². The zero-order chi connectivity index (χ0) is 13.1. The molecule has 0 saturated carbocycles. The predicted octanol–water partition coefficient (Wildman–Crippen LogP) is -0.817.